The molecule has 4 aliphatic rings. The zero-order chi connectivity index (χ0) is 23.1. The summed E-state index contributed by atoms with van der Waals surface area (Å²) in [4.78, 5) is 21.6. The summed E-state index contributed by atoms with van der Waals surface area (Å²) in [5.74, 6) is 3.43. The summed E-state index contributed by atoms with van der Waals surface area (Å²) in [6.45, 7) is 5.40. The van der Waals surface area contributed by atoms with E-state index in [0.29, 0.717) is 23.8 Å². The fraction of sp³-hybridized carbons (Fsp3) is 0.679. The molecule has 3 aliphatic heterocycles. The van der Waals surface area contributed by atoms with Crippen LogP contribution in [0.15, 0.2) is 30.3 Å². The molecule has 2 saturated heterocycles. The molecule has 1 aromatic carbocycles. The van der Waals surface area contributed by atoms with Gasteiger partial charge in [0, 0.05) is 32.2 Å². The molecule has 2 aromatic rings. The van der Waals surface area contributed by atoms with Gasteiger partial charge in [-0.25, -0.2) is 9.67 Å². The van der Waals surface area contributed by atoms with Crippen molar-refractivity contribution in [3.8, 4) is 0 Å². The lowest BCUT2D eigenvalue weighted by molar-refractivity contribution is -0.143. The van der Waals surface area contributed by atoms with Gasteiger partial charge >= 0.3 is 0 Å². The van der Waals surface area contributed by atoms with Crippen molar-refractivity contribution in [2.45, 2.75) is 88.6 Å². The molecule has 1 saturated carbocycles. The van der Waals surface area contributed by atoms with E-state index in [9.17, 15) is 4.79 Å². The second-order valence-electron chi connectivity index (χ2n) is 11.3. The van der Waals surface area contributed by atoms with Crippen molar-refractivity contribution < 1.29 is 4.79 Å². The van der Waals surface area contributed by atoms with Crippen LogP contribution in [0.3, 0.4) is 0 Å². The maximum absolute atomic E-state index is 14.4. The van der Waals surface area contributed by atoms with Crippen LogP contribution < -0.4 is 5.32 Å². The van der Waals surface area contributed by atoms with Crippen molar-refractivity contribution in [1.29, 1.82) is 0 Å². The van der Waals surface area contributed by atoms with Gasteiger partial charge in [-0.1, -0.05) is 49.6 Å². The van der Waals surface area contributed by atoms with Crippen molar-refractivity contribution in [2.75, 3.05) is 19.6 Å². The van der Waals surface area contributed by atoms with E-state index in [-0.39, 0.29) is 11.3 Å². The van der Waals surface area contributed by atoms with Gasteiger partial charge in [0.05, 0.1) is 11.3 Å². The van der Waals surface area contributed by atoms with Crippen molar-refractivity contribution in [3.05, 3.63) is 47.5 Å². The van der Waals surface area contributed by atoms with Crippen molar-refractivity contribution in [1.82, 2.24) is 25.0 Å². The standard InChI is InChI=1S/C28H39N5O/c1-20-30-27-28(14-8-15-33(27)31-20)19-29-18-24(28)26(34)32-16-13-23(21-9-4-2-5-10-21)17-25(32)22-11-6-3-7-12-22/h2,4-5,9-10,22-25,29H,3,6-8,11-19H2,1H3. The molecule has 6 rings (SSSR count). The van der Waals surface area contributed by atoms with Crippen LogP contribution in [0.1, 0.15) is 80.9 Å². The molecule has 3 fully saturated rings. The molecule has 0 bridgehead atoms. The van der Waals surface area contributed by atoms with E-state index in [0.717, 1.165) is 63.5 Å². The van der Waals surface area contributed by atoms with Crippen LogP contribution in [0.4, 0.5) is 0 Å². The van der Waals surface area contributed by atoms with Crippen LogP contribution in [0.25, 0.3) is 0 Å². The van der Waals surface area contributed by atoms with Gasteiger partial charge in [0.2, 0.25) is 5.91 Å². The summed E-state index contributed by atoms with van der Waals surface area (Å²) >= 11 is 0. The Morgan fingerprint density at radius 2 is 1.88 bits per heavy atom. The monoisotopic (exact) mass is 461 g/mol. The van der Waals surface area contributed by atoms with Gasteiger partial charge < -0.3 is 10.2 Å². The number of likely N-dealkylation sites (tertiary alicyclic amines) is 1. The van der Waals surface area contributed by atoms with Gasteiger partial charge in [-0.05, 0) is 62.8 Å². The Morgan fingerprint density at radius 3 is 2.71 bits per heavy atom. The van der Waals surface area contributed by atoms with Crippen molar-refractivity contribution >= 4 is 5.91 Å². The number of amides is 1. The maximum atomic E-state index is 14.4. The number of nitrogens with one attached hydrogen (secondary N) is 1. The highest BCUT2D eigenvalue weighted by Gasteiger charge is 2.54. The summed E-state index contributed by atoms with van der Waals surface area (Å²) in [6.07, 6.45) is 10.8. The summed E-state index contributed by atoms with van der Waals surface area (Å²) in [5.41, 5.74) is 1.24. The third-order valence-electron chi connectivity index (χ3n) is 9.36. The number of aryl methyl sites for hydroxylation is 2. The lowest BCUT2D eigenvalue weighted by Crippen LogP contribution is -2.55. The molecule has 4 heterocycles. The third-order valence-corrected chi connectivity index (χ3v) is 9.36. The number of rotatable bonds is 3. The molecular formula is C28H39N5O. The highest BCUT2D eigenvalue weighted by Crippen LogP contribution is 2.45. The average molecular weight is 462 g/mol. The Balaban J connectivity index is 1.30. The average Bonchev–Trinajstić information content (AvgIpc) is 3.48. The fourth-order valence-corrected chi connectivity index (χ4v) is 7.68. The predicted octanol–water partition coefficient (Wildman–Crippen LogP) is 4.19. The first-order valence-corrected chi connectivity index (χ1v) is 13.6. The topological polar surface area (TPSA) is 63.1 Å². The van der Waals surface area contributed by atoms with Crippen molar-refractivity contribution in [2.24, 2.45) is 11.8 Å². The molecule has 1 spiro atoms. The number of fused-ring (bicyclic) bond motifs is 2. The number of hydrogen-bond donors (Lipinski definition) is 1. The highest BCUT2D eigenvalue weighted by atomic mass is 16.2. The first kappa shape index (κ1) is 22.3. The summed E-state index contributed by atoms with van der Waals surface area (Å²) in [6, 6.07) is 11.4. The Kier molecular flexibility index (Phi) is 5.96. The molecule has 6 heteroatoms. The Morgan fingerprint density at radius 1 is 1.06 bits per heavy atom. The van der Waals surface area contributed by atoms with E-state index >= 15 is 0 Å². The van der Waals surface area contributed by atoms with Gasteiger partial charge in [-0.3, -0.25) is 4.79 Å². The molecule has 6 nitrogen and oxygen atoms in total. The van der Waals surface area contributed by atoms with Crippen LogP contribution in [0, 0.1) is 18.8 Å². The SMILES string of the molecule is Cc1nc2n(n1)CCCC21CNCC1C(=O)N1CCC(c2ccccc2)CC1C1CCCCC1. The summed E-state index contributed by atoms with van der Waals surface area (Å²) < 4.78 is 2.09. The van der Waals surface area contributed by atoms with Gasteiger partial charge in [0.25, 0.3) is 0 Å². The molecular weight excluding hydrogens is 422 g/mol. The fourth-order valence-electron chi connectivity index (χ4n) is 7.68. The first-order valence-electron chi connectivity index (χ1n) is 13.6. The smallest absolute Gasteiger partial charge is 0.228 e. The van der Waals surface area contributed by atoms with Gasteiger partial charge in [-0.15, -0.1) is 0 Å². The molecule has 34 heavy (non-hydrogen) atoms. The van der Waals surface area contributed by atoms with E-state index in [2.05, 4.69) is 50.3 Å². The van der Waals surface area contributed by atoms with Gasteiger partial charge in [0.15, 0.2) is 0 Å². The van der Waals surface area contributed by atoms with Crippen LogP contribution in [-0.4, -0.2) is 51.2 Å². The molecule has 1 aliphatic carbocycles. The van der Waals surface area contributed by atoms with Crippen molar-refractivity contribution in [3.63, 3.8) is 0 Å². The lowest BCUT2D eigenvalue weighted by atomic mass is 9.70. The summed E-state index contributed by atoms with van der Waals surface area (Å²) in [7, 11) is 0. The molecule has 1 aromatic heterocycles. The molecule has 1 amide bonds. The van der Waals surface area contributed by atoms with E-state index in [1.807, 2.05) is 6.92 Å². The number of benzene rings is 1. The Hall–Kier alpha value is -2.21. The Bertz CT molecular complexity index is 1010. The van der Waals surface area contributed by atoms with E-state index in [1.54, 1.807) is 0 Å². The minimum atomic E-state index is -0.204. The number of aromatic nitrogens is 3. The molecule has 0 radical (unpaired) electrons. The molecule has 182 valence electrons. The minimum absolute atomic E-state index is 0.0329. The Labute approximate surface area is 203 Å². The minimum Gasteiger partial charge on any atom is -0.339 e. The number of piperidine rings is 1. The molecule has 4 atom stereocenters. The van der Waals surface area contributed by atoms with E-state index in [4.69, 9.17) is 4.98 Å². The predicted molar refractivity (Wildman–Crippen MR) is 133 cm³/mol. The largest absolute Gasteiger partial charge is 0.339 e. The third kappa shape index (κ3) is 3.78. The first-order chi connectivity index (χ1) is 16.7. The number of nitrogens with zero attached hydrogens (tertiary/aromatic N) is 4. The second kappa shape index (κ2) is 9.10. The van der Waals surface area contributed by atoms with Crippen LogP contribution in [0.5, 0.6) is 0 Å². The molecule has 4 unspecified atom stereocenters. The lowest BCUT2D eigenvalue weighted by Gasteiger charge is -2.47. The normalized spacial score (nSPS) is 32.1. The van der Waals surface area contributed by atoms with Crippen LogP contribution >= 0.6 is 0 Å². The zero-order valence-electron chi connectivity index (χ0n) is 20.6. The quantitative estimate of drug-likeness (QED) is 0.744. The zero-order valence-corrected chi connectivity index (χ0v) is 20.6. The number of carbonyl (C=O) groups is 1. The van der Waals surface area contributed by atoms with Gasteiger partial charge in [-0.2, -0.15) is 5.10 Å². The second-order valence-corrected chi connectivity index (χ2v) is 11.3. The summed E-state index contributed by atoms with van der Waals surface area (Å²) in [5, 5.41) is 8.26. The maximum Gasteiger partial charge on any atom is 0.228 e. The number of hydrogen-bond acceptors (Lipinski definition) is 4. The van der Waals surface area contributed by atoms with Crippen LogP contribution in [-0.2, 0) is 16.8 Å². The van der Waals surface area contributed by atoms with E-state index in [1.165, 1.54) is 37.7 Å². The number of carbonyl (C=O) groups excluding carboxylic acids is 1. The van der Waals surface area contributed by atoms with Crippen LogP contribution in [0.2, 0.25) is 0 Å². The molecule has 1 N–H and O–H groups in total. The van der Waals surface area contributed by atoms with E-state index < -0.39 is 0 Å². The highest BCUT2D eigenvalue weighted by molar-refractivity contribution is 5.82. The van der Waals surface area contributed by atoms with Gasteiger partial charge in [0.1, 0.15) is 11.6 Å².